The largest absolute Gasteiger partial charge is 0.465 e. The smallest absolute Gasteiger partial charge is 0.308 e. The fourth-order valence-corrected chi connectivity index (χ4v) is 1.72. The van der Waals surface area contributed by atoms with Crippen molar-refractivity contribution in [1.29, 1.82) is 0 Å². The topological polar surface area (TPSA) is 61.3 Å². The molecule has 0 aromatic heterocycles. The molecule has 0 aromatic carbocycles. The van der Waals surface area contributed by atoms with Gasteiger partial charge in [0, 0.05) is 0 Å². The summed E-state index contributed by atoms with van der Waals surface area (Å²) in [6.07, 6.45) is 8.66. The Bertz CT molecular complexity index is 164. The van der Waals surface area contributed by atoms with E-state index >= 15 is 0 Å². The minimum atomic E-state index is 0. The van der Waals surface area contributed by atoms with Gasteiger partial charge in [0.05, 0.1) is 12.5 Å². The van der Waals surface area contributed by atoms with Crippen molar-refractivity contribution < 1.29 is 9.53 Å². The zero-order valence-electron chi connectivity index (χ0n) is 12.0. The molecule has 0 bridgehead atoms. The third kappa shape index (κ3) is 10.3. The van der Waals surface area contributed by atoms with Crippen molar-refractivity contribution in [3.05, 3.63) is 0 Å². The molecule has 104 valence electrons. The number of carbonyl (C=O) groups excluding carboxylic acids is 1. The van der Waals surface area contributed by atoms with Gasteiger partial charge in [0.2, 0.25) is 0 Å². The van der Waals surface area contributed by atoms with Crippen molar-refractivity contribution in [3.8, 4) is 0 Å². The first-order chi connectivity index (χ1) is 7.76. The van der Waals surface area contributed by atoms with Crippen LogP contribution in [0.25, 0.3) is 0 Å². The van der Waals surface area contributed by atoms with Gasteiger partial charge in [-0.25, -0.2) is 0 Å². The summed E-state index contributed by atoms with van der Waals surface area (Å²) in [4.78, 5) is 11.8. The van der Waals surface area contributed by atoms with Gasteiger partial charge >= 0.3 is 5.97 Å². The molecule has 0 aliphatic carbocycles. The summed E-state index contributed by atoms with van der Waals surface area (Å²) in [5, 5.41) is 0. The van der Waals surface area contributed by atoms with E-state index in [2.05, 4.69) is 20.8 Å². The maximum Gasteiger partial charge on any atom is 0.308 e. The molecule has 17 heavy (non-hydrogen) atoms. The number of ether oxygens (including phenoxy) is 1. The summed E-state index contributed by atoms with van der Waals surface area (Å²) >= 11 is 0. The second-order valence-corrected chi connectivity index (χ2v) is 4.50. The average molecular weight is 245 g/mol. The Morgan fingerprint density at radius 2 is 1.41 bits per heavy atom. The summed E-state index contributed by atoms with van der Waals surface area (Å²) in [5.41, 5.74) is 0. The van der Waals surface area contributed by atoms with Gasteiger partial charge in [-0.2, -0.15) is 0 Å². The van der Waals surface area contributed by atoms with E-state index in [4.69, 9.17) is 4.74 Å². The van der Waals surface area contributed by atoms with Crippen LogP contribution in [0.3, 0.4) is 0 Å². The second-order valence-electron chi connectivity index (χ2n) is 4.50. The zero-order chi connectivity index (χ0) is 12.2. The third-order valence-corrected chi connectivity index (χ3v) is 2.89. The molecular formula is C14H31NO2. The lowest BCUT2D eigenvalue weighted by atomic mass is 9.96. The third-order valence-electron chi connectivity index (χ3n) is 2.89. The van der Waals surface area contributed by atoms with Gasteiger partial charge in [-0.05, 0) is 19.3 Å². The molecule has 0 heterocycles. The van der Waals surface area contributed by atoms with Gasteiger partial charge < -0.3 is 10.9 Å². The first-order valence-corrected chi connectivity index (χ1v) is 6.92. The number of rotatable bonds is 10. The van der Waals surface area contributed by atoms with Crippen LogP contribution in [0.2, 0.25) is 0 Å². The Balaban J connectivity index is 0. The molecule has 0 aliphatic rings. The Hall–Kier alpha value is -0.570. The standard InChI is InChI=1S/C14H28O2.H3N/c1-4-7-10-13(11-8-5-2)14(15)16-12-9-6-3;/h13H,4-12H2,1-3H3;1H3. The fraction of sp³-hybridized carbons (Fsp3) is 0.929. The Morgan fingerprint density at radius 1 is 0.941 bits per heavy atom. The summed E-state index contributed by atoms with van der Waals surface area (Å²) in [6, 6.07) is 0. The normalized spacial score (nSPS) is 10.1. The minimum Gasteiger partial charge on any atom is -0.465 e. The van der Waals surface area contributed by atoms with E-state index in [0.29, 0.717) is 6.61 Å². The van der Waals surface area contributed by atoms with Gasteiger partial charge in [-0.15, -0.1) is 0 Å². The Labute approximate surface area is 107 Å². The number of unbranched alkanes of at least 4 members (excludes halogenated alkanes) is 3. The molecule has 0 fully saturated rings. The van der Waals surface area contributed by atoms with Gasteiger partial charge in [0.1, 0.15) is 0 Å². The first kappa shape index (κ1) is 18.8. The SMILES string of the molecule is CCCCOC(=O)C(CCCC)CCCC.N. The van der Waals surface area contributed by atoms with E-state index < -0.39 is 0 Å². The molecule has 0 spiro atoms. The van der Waals surface area contributed by atoms with Crippen molar-refractivity contribution in [2.75, 3.05) is 6.61 Å². The number of esters is 1. The average Bonchev–Trinajstić information content (AvgIpc) is 2.29. The maximum absolute atomic E-state index is 11.8. The van der Waals surface area contributed by atoms with Crippen LogP contribution in [0, 0.1) is 5.92 Å². The molecule has 3 nitrogen and oxygen atoms in total. The second kappa shape index (κ2) is 13.5. The van der Waals surface area contributed by atoms with Crippen LogP contribution >= 0.6 is 0 Å². The molecule has 0 aliphatic heterocycles. The van der Waals surface area contributed by atoms with E-state index in [0.717, 1.165) is 51.4 Å². The molecule has 0 unspecified atom stereocenters. The maximum atomic E-state index is 11.8. The highest BCUT2D eigenvalue weighted by Gasteiger charge is 2.18. The van der Waals surface area contributed by atoms with Crippen LogP contribution in [-0.4, -0.2) is 12.6 Å². The summed E-state index contributed by atoms with van der Waals surface area (Å²) in [5.74, 6) is 0.187. The molecular weight excluding hydrogens is 214 g/mol. The van der Waals surface area contributed by atoms with Crippen molar-refractivity contribution in [1.82, 2.24) is 6.15 Å². The zero-order valence-corrected chi connectivity index (χ0v) is 12.0. The highest BCUT2D eigenvalue weighted by molar-refractivity contribution is 5.72. The molecule has 0 amide bonds. The van der Waals surface area contributed by atoms with Crippen molar-refractivity contribution in [3.63, 3.8) is 0 Å². The molecule has 3 N–H and O–H groups in total. The molecule has 0 saturated carbocycles. The van der Waals surface area contributed by atoms with Crippen LogP contribution in [-0.2, 0) is 9.53 Å². The predicted molar refractivity (Wildman–Crippen MR) is 73.4 cm³/mol. The van der Waals surface area contributed by atoms with Crippen LogP contribution in [0.15, 0.2) is 0 Å². The van der Waals surface area contributed by atoms with Gasteiger partial charge in [-0.1, -0.05) is 52.9 Å². The van der Waals surface area contributed by atoms with Gasteiger partial charge in [-0.3, -0.25) is 4.79 Å². The predicted octanol–water partition coefficient (Wildman–Crippen LogP) is 4.49. The minimum absolute atomic E-state index is 0. The molecule has 0 radical (unpaired) electrons. The lowest BCUT2D eigenvalue weighted by molar-refractivity contribution is -0.149. The van der Waals surface area contributed by atoms with Crippen molar-refractivity contribution in [2.45, 2.75) is 72.1 Å². The summed E-state index contributed by atoms with van der Waals surface area (Å²) < 4.78 is 5.30. The Morgan fingerprint density at radius 3 is 1.82 bits per heavy atom. The fourth-order valence-electron chi connectivity index (χ4n) is 1.72. The van der Waals surface area contributed by atoms with E-state index in [-0.39, 0.29) is 18.0 Å². The van der Waals surface area contributed by atoms with Crippen LogP contribution in [0.5, 0.6) is 0 Å². The Kier molecular flexibility index (Phi) is 14.9. The van der Waals surface area contributed by atoms with Crippen LogP contribution in [0.4, 0.5) is 0 Å². The highest BCUT2D eigenvalue weighted by atomic mass is 16.5. The van der Waals surface area contributed by atoms with Crippen LogP contribution < -0.4 is 6.15 Å². The highest BCUT2D eigenvalue weighted by Crippen LogP contribution is 2.18. The lowest BCUT2D eigenvalue weighted by Crippen LogP contribution is -2.18. The number of hydrogen-bond donors (Lipinski definition) is 1. The number of hydrogen-bond acceptors (Lipinski definition) is 3. The van der Waals surface area contributed by atoms with E-state index in [9.17, 15) is 4.79 Å². The van der Waals surface area contributed by atoms with Crippen LogP contribution in [0.1, 0.15) is 72.1 Å². The monoisotopic (exact) mass is 245 g/mol. The first-order valence-electron chi connectivity index (χ1n) is 6.92. The number of carbonyl (C=O) groups is 1. The molecule has 0 rings (SSSR count). The lowest BCUT2D eigenvalue weighted by Gasteiger charge is -2.15. The molecule has 0 atom stereocenters. The summed E-state index contributed by atoms with van der Waals surface area (Å²) in [6.45, 7) is 7.04. The molecule has 0 aromatic rings. The van der Waals surface area contributed by atoms with E-state index in [1.807, 2.05) is 0 Å². The van der Waals surface area contributed by atoms with Gasteiger partial charge in [0.15, 0.2) is 0 Å². The van der Waals surface area contributed by atoms with E-state index in [1.54, 1.807) is 0 Å². The van der Waals surface area contributed by atoms with E-state index in [1.165, 1.54) is 0 Å². The molecule has 3 heteroatoms. The van der Waals surface area contributed by atoms with Crippen molar-refractivity contribution in [2.24, 2.45) is 5.92 Å². The summed E-state index contributed by atoms with van der Waals surface area (Å²) in [7, 11) is 0. The quantitative estimate of drug-likeness (QED) is 0.455. The van der Waals surface area contributed by atoms with Gasteiger partial charge in [0.25, 0.3) is 0 Å². The molecule has 0 saturated heterocycles. The van der Waals surface area contributed by atoms with Crippen molar-refractivity contribution >= 4 is 5.97 Å².